The van der Waals surface area contributed by atoms with Crippen molar-refractivity contribution in [2.24, 2.45) is 5.92 Å². The zero-order chi connectivity index (χ0) is 16.4. The molecule has 6 nitrogen and oxygen atoms in total. The van der Waals surface area contributed by atoms with Crippen LogP contribution in [0.4, 0.5) is 5.69 Å². The van der Waals surface area contributed by atoms with Gasteiger partial charge in [-0.1, -0.05) is 11.6 Å². The Bertz CT molecular complexity index is 694. The maximum absolute atomic E-state index is 12.4. The fourth-order valence-electron chi connectivity index (χ4n) is 2.56. The number of aromatic nitrogens is 1. The Morgan fingerprint density at radius 1 is 1.52 bits per heavy atom. The number of anilines is 1. The molecule has 1 amide bonds. The van der Waals surface area contributed by atoms with Crippen molar-refractivity contribution < 1.29 is 19.1 Å². The molecule has 0 saturated carbocycles. The summed E-state index contributed by atoms with van der Waals surface area (Å²) in [6.07, 6.45) is 3.54. The summed E-state index contributed by atoms with van der Waals surface area (Å²) < 4.78 is 10.4. The van der Waals surface area contributed by atoms with Crippen LogP contribution in [0, 0.1) is 5.92 Å². The molecule has 0 aliphatic carbocycles. The average molecular weight is 337 g/mol. The van der Waals surface area contributed by atoms with Gasteiger partial charge in [0, 0.05) is 23.8 Å². The minimum atomic E-state index is -1.49. The number of carbonyl (C=O) groups excluding carboxylic acids is 1. The van der Waals surface area contributed by atoms with E-state index in [1.807, 2.05) is 0 Å². The lowest BCUT2D eigenvalue weighted by molar-refractivity contribution is -0.137. The van der Waals surface area contributed by atoms with E-state index < -0.39 is 11.5 Å². The number of nitrogens with one attached hydrogen (secondary N) is 1. The second-order valence-electron chi connectivity index (χ2n) is 5.72. The number of nitrogens with zero attached hydrogens (tertiary/aromatic N) is 1. The summed E-state index contributed by atoms with van der Waals surface area (Å²) in [5.74, 6) is -0.147. The maximum atomic E-state index is 12.4. The lowest BCUT2D eigenvalue weighted by Crippen LogP contribution is -2.46. The van der Waals surface area contributed by atoms with Crippen molar-refractivity contribution in [3.63, 3.8) is 0 Å². The third-order valence-electron chi connectivity index (χ3n) is 4.11. The van der Waals surface area contributed by atoms with E-state index in [1.54, 1.807) is 24.4 Å². The summed E-state index contributed by atoms with van der Waals surface area (Å²) in [6.45, 7) is 2.45. The number of benzene rings is 1. The first-order chi connectivity index (χ1) is 11.0. The molecule has 1 aliphatic heterocycles. The van der Waals surface area contributed by atoms with Crippen LogP contribution in [0.25, 0.3) is 11.3 Å². The monoisotopic (exact) mass is 336 g/mol. The SMILES string of the molecule is CC(O)(C(=O)Nc1ccc(-c2cnco2)c(Cl)c1)C1CCOC1. The largest absolute Gasteiger partial charge is 0.443 e. The number of rotatable bonds is 4. The smallest absolute Gasteiger partial charge is 0.256 e. The number of ether oxygens (including phenoxy) is 1. The van der Waals surface area contributed by atoms with Crippen molar-refractivity contribution in [1.29, 1.82) is 0 Å². The van der Waals surface area contributed by atoms with Crippen LogP contribution < -0.4 is 5.32 Å². The van der Waals surface area contributed by atoms with Crippen molar-refractivity contribution >= 4 is 23.2 Å². The highest BCUT2D eigenvalue weighted by Gasteiger charge is 2.41. The van der Waals surface area contributed by atoms with Crippen LogP contribution in [0.1, 0.15) is 13.3 Å². The number of hydrogen-bond acceptors (Lipinski definition) is 5. The first kappa shape index (κ1) is 16.0. The van der Waals surface area contributed by atoms with Gasteiger partial charge in [0.15, 0.2) is 12.2 Å². The standard InChI is InChI=1S/C16H17ClN2O4/c1-16(21,10-4-5-22-8-10)15(20)19-11-2-3-12(13(17)6-11)14-7-18-9-23-14/h2-3,6-7,9-10,21H,4-5,8H2,1H3,(H,19,20). The van der Waals surface area contributed by atoms with Crippen LogP contribution in [0.3, 0.4) is 0 Å². The first-order valence-electron chi connectivity index (χ1n) is 7.28. The highest BCUT2D eigenvalue weighted by molar-refractivity contribution is 6.33. The highest BCUT2D eigenvalue weighted by Crippen LogP contribution is 2.31. The van der Waals surface area contributed by atoms with Gasteiger partial charge in [-0.3, -0.25) is 4.79 Å². The molecule has 0 bridgehead atoms. The number of aliphatic hydroxyl groups is 1. The Kier molecular flexibility index (Phi) is 4.39. The summed E-state index contributed by atoms with van der Waals surface area (Å²) >= 11 is 6.22. The van der Waals surface area contributed by atoms with Gasteiger partial charge >= 0.3 is 0 Å². The average Bonchev–Trinajstić information content (AvgIpc) is 3.21. The Hall–Kier alpha value is -1.89. The van der Waals surface area contributed by atoms with Crippen LogP contribution in [-0.2, 0) is 9.53 Å². The minimum absolute atomic E-state index is 0.216. The van der Waals surface area contributed by atoms with Gasteiger partial charge < -0.3 is 19.6 Å². The Balaban J connectivity index is 1.75. The van der Waals surface area contributed by atoms with Gasteiger partial charge in [0.2, 0.25) is 0 Å². The second kappa shape index (κ2) is 6.31. The number of halogens is 1. The van der Waals surface area contributed by atoms with Crippen LogP contribution in [0.15, 0.2) is 35.2 Å². The number of carbonyl (C=O) groups is 1. The van der Waals surface area contributed by atoms with E-state index in [0.717, 1.165) is 0 Å². The molecule has 2 heterocycles. The summed E-state index contributed by atoms with van der Waals surface area (Å²) in [4.78, 5) is 16.2. The number of amides is 1. The van der Waals surface area contributed by atoms with Crippen LogP contribution in [0.2, 0.25) is 5.02 Å². The molecule has 7 heteroatoms. The molecule has 23 heavy (non-hydrogen) atoms. The van der Waals surface area contributed by atoms with Gasteiger partial charge in [0.05, 0.1) is 17.8 Å². The molecule has 1 aromatic heterocycles. The van der Waals surface area contributed by atoms with Gasteiger partial charge in [-0.25, -0.2) is 4.98 Å². The van der Waals surface area contributed by atoms with Crippen LogP contribution in [0.5, 0.6) is 0 Å². The number of hydrogen-bond donors (Lipinski definition) is 2. The molecule has 1 fully saturated rings. The van der Waals surface area contributed by atoms with Crippen molar-refractivity contribution in [2.75, 3.05) is 18.5 Å². The molecule has 2 unspecified atom stereocenters. The molecule has 1 aromatic carbocycles. The molecule has 3 rings (SSSR count). The molecule has 1 saturated heterocycles. The van der Waals surface area contributed by atoms with Crippen molar-refractivity contribution in [1.82, 2.24) is 4.98 Å². The summed E-state index contributed by atoms with van der Waals surface area (Å²) in [7, 11) is 0. The second-order valence-corrected chi connectivity index (χ2v) is 6.13. The van der Waals surface area contributed by atoms with Crippen molar-refractivity contribution in [2.45, 2.75) is 18.9 Å². The molecule has 2 atom stereocenters. The molecule has 1 aliphatic rings. The first-order valence-corrected chi connectivity index (χ1v) is 7.66. The predicted molar refractivity (Wildman–Crippen MR) is 85.1 cm³/mol. The third-order valence-corrected chi connectivity index (χ3v) is 4.42. The zero-order valence-electron chi connectivity index (χ0n) is 12.6. The summed E-state index contributed by atoms with van der Waals surface area (Å²) in [6, 6.07) is 5.03. The Morgan fingerprint density at radius 3 is 2.96 bits per heavy atom. The van der Waals surface area contributed by atoms with Crippen LogP contribution >= 0.6 is 11.6 Å². The fourth-order valence-corrected chi connectivity index (χ4v) is 2.84. The number of oxazole rings is 1. The lowest BCUT2D eigenvalue weighted by Gasteiger charge is -2.27. The van der Waals surface area contributed by atoms with E-state index in [-0.39, 0.29) is 5.92 Å². The zero-order valence-corrected chi connectivity index (χ0v) is 13.3. The Labute approximate surface area is 138 Å². The van der Waals surface area contributed by atoms with Gasteiger partial charge in [0.25, 0.3) is 5.91 Å². The summed E-state index contributed by atoms with van der Waals surface area (Å²) in [5.41, 5.74) is -0.312. The molecule has 122 valence electrons. The third kappa shape index (κ3) is 3.24. The Morgan fingerprint density at radius 2 is 2.35 bits per heavy atom. The van der Waals surface area contributed by atoms with Gasteiger partial charge in [0.1, 0.15) is 5.60 Å². The summed E-state index contributed by atoms with van der Waals surface area (Å²) in [5, 5.41) is 13.6. The van der Waals surface area contributed by atoms with Crippen molar-refractivity contribution in [3.8, 4) is 11.3 Å². The lowest BCUT2D eigenvalue weighted by atomic mass is 9.87. The predicted octanol–water partition coefficient (Wildman–Crippen LogP) is 2.72. The topological polar surface area (TPSA) is 84.6 Å². The fraction of sp³-hybridized carbons (Fsp3) is 0.375. The van der Waals surface area contributed by atoms with E-state index in [9.17, 15) is 9.90 Å². The van der Waals surface area contributed by atoms with E-state index >= 15 is 0 Å². The van der Waals surface area contributed by atoms with E-state index in [2.05, 4.69) is 10.3 Å². The van der Waals surface area contributed by atoms with E-state index in [0.29, 0.717) is 41.7 Å². The van der Waals surface area contributed by atoms with Gasteiger partial charge in [-0.15, -0.1) is 0 Å². The quantitative estimate of drug-likeness (QED) is 0.896. The molecular formula is C16H17ClN2O4. The molecule has 0 spiro atoms. The van der Waals surface area contributed by atoms with E-state index in [1.165, 1.54) is 13.3 Å². The molecule has 2 N–H and O–H groups in total. The molecule has 0 radical (unpaired) electrons. The van der Waals surface area contributed by atoms with Crippen molar-refractivity contribution in [3.05, 3.63) is 35.8 Å². The normalized spacial score (nSPS) is 20.2. The maximum Gasteiger partial charge on any atom is 0.256 e. The molecular weight excluding hydrogens is 320 g/mol. The van der Waals surface area contributed by atoms with Gasteiger partial charge in [-0.05, 0) is 31.5 Å². The van der Waals surface area contributed by atoms with Crippen LogP contribution in [-0.4, -0.2) is 34.8 Å². The van der Waals surface area contributed by atoms with E-state index in [4.69, 9.17) is 20.8 Å². The minimum Gasteiger partial charge on any atom is -0.443 e. The highest BCUT2D eigenvalue weighted by atomic mass is 35.5. The molecule has 2 aromatic rings. The van der Waals surface area contributed by atoms with Gasteiger partial charge in [-0.2, -0.15) is 0 Å².